The maximum absolute atomic E-state index is 12.5. The molecule has 1 aliphatic rings. The summed E-state index contributed by atoms with van der Waals surface area (Å²) in [6.07, 6.45) is -0.817. The first kappa shape index (κ1) is 20.9. The fourth-order valence-corrected chi connectivity index (χ4v) is 3.25. The van der Waals surface area contributed by atoms with Gasteiger partial charge in [0.15, 0.2) is 5.79 Å². The van der Waals surface area contributed by atoms with Crippen molar-refractivity contribution in [2.24, 2.45) is 0 Å². The Kier molecular flexibility index (Phi) is 5.92. The molecule has 0 unspecified atom stereocenters. The third-order valence-corrected chi connectivity index (χ3v) is 4.73. The number of hydrogen-bond acceptors (Lipinski definition) is 6. The van der Waals surface area contributed by atoms with Gasteiger partial charge >= 0.3 is 6.09 Å². The van der Waals surface area contributed by atoms with E-state index >= 15 is 0 Å². The largest absolute Gasteiger partial charge is 0.473 e. The van der Waals surface area contributed by atoms with E-state index in [0.29, 0.717) is 29.6 Å². The average Bonchev–Trinajstić information content (AvgIpc) is 3.27. The number of carbonyl (C=O) groups excluding carboxylic acids is 1. The number of para-hydroxylation sites is 2. The van der Waals surface area contributed by atoms with Crippen molar-refractivity contribution in [1.82, 2.24) is 9.78 Å². The third-order valence-electron chi connectivity index (χ3n) is 4.73. The molecule has 1 atom stereocenters. The zero-order valence-corrected chi connectivity index (χ0v) is 17.7. The van der Waals surface area contributed by atoms with E-state index in [4.69, 9.17) is 18.9 Å². The quantitative estimate of drug-likeness (QED) is 0.636. The van der Waals surface area contributed by atoms with Gasteiger partial charge in [0.2, 0.25) is 5.88 Å². The first-order valence-electron chi connectivity index (χ1n) is 10.0. The lowest BCUT2D eigenvalue weighted by molar-refractivity contribution is -0.141. The molecule has 2 aromatic carbocycles. The van der Waals surface area contributed by atoms with Crippen LogP contribution >= 0.6 is 0 Å². The Morgan fingerprint density at radius 3 is 2.48 bits per heavy atom. The molecular weight excluding hydrogens is 398 g/mol. The Morgan fingerprint density at radius 2 is 1.84 bits per heavy atom. The smallest absolute Gasteiger partial charge is 0.418 e. The van der Waals surface area contributed by atoms with Crippen LogP contribution in [0.25, 0.3) is 5.69 Å². The molecule has 2 heterocycles. The van der Waals surface area contributed by atoms with Crippen LogP contribution in [0, 0.1) is 6.92 Å². The van der Waals surface area contributed by atoms with Crippen molar-refractivity contribution < 1.29 is 23.7 Å². The van der Waals surface area contributed by atoms with E-state index in [1.165, 1.54) is 0 Å². The maximum atomic E-state index is 12.5. The predicted octanol–water partition coefficient (Wildman–Crippen LogP) is 4.32. The van der Waals surface area contributed by atoms with Crippen LogP contribution in [0.2, 0.25) is 0 Å². The molecule has 0 spiro atoms. The van der Waals surface area contributed by atoms with Crippen molar-refractivity contribution in [2.75, 3.05) is 18.5 Å². The summed E-state index contributed by atoms with van der Waals surface area (Å²) in [7, 11) is 0. The van der Waals surface area contributed by atoms with Crippen molar-refractivity contribution >= 4 is 11.9 Å². The lowest BCUT2D eigenvalue weighted by Crippen LogP contribution is -2.25. The Hall–Kier alpha value is -3.36. The second-order valence-corrected chi connectivity index (χ2v) is 7.62. The highest BCUT2D eigenvalue weighted by atomic mass is 16.7. The minimum absolute atomic E-state index is 0.198. The van der Waals surface area contributed by atoms with Crippen LogP contribution in [0.15, 0.2) is 60.7 Å². The summed E-state index contributed by atoms with van der Waals surface area (Å²) < 4.78 is 24.3. The zero-order chi connectivity index (χ0) is 21.8. The zero-order valence-electron chi connectivity index (χ0n) is 17.7. The Labute approximate surface area is 180 Å². The van der Waals surface area contributed by atoms with Crippen LogP contribution in [0.5, 0.6) is 11.6 Å². The van der Waals surface area contributed by atoms with Crippen molar-refractivity contribution in [2.45, 2.75) is 32.7 Å². The number of aromatic nitrogens is 2. The number of amides is 1. The van der Waals surface area contributed by atoms with Crippen LogP contribution in [0.3, 0.4) is 0 Å². The van der Waals surface area contributed by atoms with Gasteiger partial charge in [0.25, 0.3) is 0 Å². The highest BCUT2D eigenvalue weighted by molar-refractivity contribution is 5.87. The van der Waals surface area contributed by atoms with Gasteiger partial charge in [-0.05, 0) is 45.0 Å². The van der Waals surface area contributed by atoms with Crippen molar-refractivity contribution in [3.05, 3.63) is 66.2 Å². The molecule has 3 aromatic rings. The summed E-state index contributed by atoms with van der Waals surface area (Å²) in [6.45, 7) is 6.28. The van der Waals surface area contributed by atoms with E-state index in [2.05, 4.69) is 10.4 Å². The fraction of sp³-hybridized carbons (Fsp3) is 0.304. The normalized spacial score (nSPS) is 17.3. The number of nitrogens with zero attached hydrogens (tertiary/aromatic N) is 2. The van der Waals surface area contributed by atoms with Crippen molar-refractivity contribution in [3.63, 3.8) is 0 Å². The molecular formula is C23H25N3O5. The lowest BCUT2D eigenvalue weighted by atomic mass is 10.3. The van der Waals surface area contributed by atoms with Gasteiger partial charge in [0.05, 0.1) is 17.9 Å². The monoisotopic (exact) mass is 423 g/mol. The Morgan fingerprint density at radius 1 is 1.16 bits per heavy atom. The molecule has 4 rings (SSSR count). The van der Waals surface area contributed by atoms with E-state index < -0.39 is 11.9 Å². The lowest BCUT2D eigenvalue weighted by Gasteiger charge is -2.17. The molecule has 8 nitrogen and oxygen atoms in total. The molecule has 1 saturated heterocycles. The highest BCUT2D eigenvalue weighted by Gasteiger charge is 2.33. The topological polar surface area (TPSA) is 83.8 Å². The summed E-state index contributed by atoms with van der Waals surface area (Å²) >= 11 is 0. The number of carbonyl (C=O) groups is 1. The number of benzene rings is 2. The molecule has 1 amide bonds. The average molecular weight is 423 g/mol. The van der Waals surface area contributed by atoms with Crippen LogP contribution in [0.1, 0.15) is 19.4 Å². The van der Waals surface area contributed by atoms with E-state index in [0.717, 1.165) is 5.69 Å². The molecule has 1 aliphatic heterocycles. The van der Waals surface area contributed by atoms with Gasteiger partial charge in [-0.15, -0.1) is 5.10 Å². The predicted molar refractivity (Wildman–Crippen MR) is 115 cm³/mol. The van der Waals surface area contributed by atoms with E-state index in [9.17, 15) is 4.79 Å². The number of anilines is 1. The molecule has 0 aliphatic carbocycles. The number of rotatable bonds is 6. The van der Waals surface area contributed by atoms with E-state index in [-0.39, 0.29) is 12.7 Å². The second-order valence-electron chi connectivity index (χ2n) is 7.62. The van der Waals surface area contributed by atoms with Gasteiger partial charge in [0.1, 0.15) is 24.3 Å². The summed E-state index contributed by atoms with van der Waals surface area (Å²) in [5, 5.41) is 7.36. The minimum atomic E-state index is -0.625. The third kappa shape index (κ3) is 5.04. The number of nitrogens with one attached hydrogen (secondary N) is 1. The van der Waals surface area contributed by atoms with Gasteiger partial charge in [-0.3, -0.25) is 5.32 Å². The maximum Gasteiger partial charge on any atom is 0.418 e. The summed E-state index contributed by atoms with van der Waals surface area (Å²) in [5.41, 5.74) is 1.45. The van der Waals surface area contributed by atoms with Crippen molar-refractivity contribution in [1.29, 1.82) is 0 Å². The number of hydrogen-bond donors (Lipinski definition) is 1. The van der Waals surface area contributed by atoms with Crippen LogP contribution in [0.4, 0.5) is 10.6 Å². The van der Waals surface area contributed by atoms with Gasteiger partial charge in [-0.2, -0.15) is 0 Å². The fourth-order valence-electron chi connectivity index (χ4n) is 3.25. The molecule has 31 heavy (non-hydrogen) atoms. The first-order chi connectivity index (χ1) is 14.9. The summed E-state index contributed by atoms with van der Waals surface area (Å²) in [5.74, 6) is 0.680. The molecule has 1 N–H and O–H groups in total. The van der Waals surface area contributed by atoms with Gasteiger partial charge in [-0.1, -0.05) is 36.4 Å². The van der Waals surface area contributed by atoms with Crippen LogP contribution < -0.4 is 14.8 Å². The van der Waals surface area contributed by atoms with Gasteiger partial charge in [0, 0.05) is 0 Å². The molecule has 8 heteroatoms. The van der Waals surface area contributed by atoms with E-state index in [1.807, 2.05) is 57.2 Å². The molecule has 0 radical (unpaired) electrons. The van der Waals surface area contributed by atoms with Gasteiger partial charge in [-0.25, -0.2) is 9.48 Å². The highest BCUT2D eigenvalue weighted by Crippen LogP contribution is 2.30. The standard InChI is InChI=1S/C23H25N3O5/c1-16-20(24-22(27)30-18-12-8-5-9-13-18)26(17-10-6-4-7-11-17)25-21(16)28-14-19-15-29-23(2,3)31-19/h4-13,19H,14-15H2,1-3H3,(H,24,27)/t19-/m1/s1. The molecule has 1 aromatic heterocycles. The summed E-state index contributed by atoms with van der Waals surface area (Å²) in [4.78, 5) is 12.5. The second kappa shape index (κ2) is 8.79. The van der Waals surface area contributed by atoms with Crippen LogP contribution in [-0.4, -0.2) is 41.0 Å². The number of ether oxygens (including phenoxy) is 4. The molecule has 1 fully saturated rings. The first-order valence-corrected chi connectivity index (χ1v) is 10.0. The molecule has 0 saturated carbocycles. The Bertz CT molecular complexity index is 1030. The molecule has 0 bridgehead atoms. The summed E-state index contributed by atoms with van der Waals surface area (Å²) in [6, 6.07) is 18.3. The minimum Gasteiger partial charge on any atom is -0.473 e. The van der Waals surface area contributed by atoms with Crippen LogP contribution in [-0.2, 0) is 9.47 Å². The SMILES string of the molecule is Cc1c(OC[C@@H]2COC(C)(C)O2)nn(-c2ccccc2)c1NC(=O)Oc1ccccc1. The molecule has 162 valence electrons. The van der Waals surface area contributed by atoms with Gasteiger partial charge < -0.3 is 18.9 Å². The Balaban J connectivity index is 1.55. The van der Waals surface area contributed by atoms with Crippen molar-refractivity contribution in [3.8, 4) is 17.3 Å². The van der Waals surface area contributed by atoms with E-state index in [1.54, 1.807) is 28.9 Å².